The largest absolute Gasteiger partial charge is 0.0775 e. The van der Waals surface area contributed by atoms with E-state index in [4.69, 9.17) is 0 Å². The molecule has 2 fully saturated rings. The minimum atomic E-state index is 0.475. The zero-order valence-corrected chi connectivity index (χ0v) is 10.8. The van der Waals surface area contributed by atoms with Crippen molar-refractivity contribution < 1.29 is 0 Å². The van der Waals surface area contributed by atoms with E-state index in [1.807, 2.05) is 0 Å². The minimum Gasteiger partial charge on any atom is -0.0775 e. The summed E-state index contributed by atoms with van der Waals surface area (Å²) in [6.45, 7) is 4.90. The molecule has 3 aliphatic rings. The first kappa shape index (κ1) is 10.6. The lowest BCUT2D eigenvalue weighted by molar-refractivity contribution is 0.292. The van der Waals surface area contributed by atoms with Gasteiger partial charge in [0.2, 0.25) is 0 Å². The molecule has 0 spiro atoms. The maximum Gasteiger partial charge on any atom is -0.00148 e. The third kappa shape index (κ3) is 1.67. The molecule has 0 aromatic carbocycles. The summed E-state index contributed by atoms with van der Waals surface area (Å²) >= 11 is 0. The fourth-order valence-corrected chi connectivity index (χ4v) is 4.02. The van der Waals surface area contributed by atoms with E-state index in [0.29, 0.717) is 5.41 Å². The van der Waals surface area contributed by atoms with Crippen LogP contribution in [0.1, 0.15) is 58.8 Å². The second-order valence-corrected chi connectivity index (χ2v) is 6.60. The van der Waals surface area contributed by atoms with E-state index < -0.39 is 0 Å². The Morgan fingerprint density at radius 2 is 1.81 bits per heavy atom. The zero-order valence-electron chi connectivity index (χ0n) is 10.8. The third-order valence-corrected chi connectivity index (χ3v) is 5.00. The van der Waals surface area contributed by atoms with Crippen LogP contribution in [0.25, 0.3) is 0 Å². The van der Waals surface area contributed by atoms with Crippen LogP contribution in [0.5, 0.6) is 0 Å². The van der Waals surface area contributed by atoms with Gasteiger partial charge in [-0.2, -0.15) is 0 Å². The lowest BCUT2D eigenvalue weighted by Crippen LogP contribution is -2.29. The molecule has 2 atom stereocenters. The van der Waals surface area contributed by atoms with Crippen molar-refractivity contribution in [2.75, 3.05) is 0 Å². The molecule has 0 aromatic rings. The second-order valence-electron chi connectivity index (χ2n) is 6.60. The van der Waals surface area contributed by atoms with Crippen molar-refractivity contribution in [1.29, 1.82) is 0 Å². The predicted octanol–water partition coefficient (Wildman–Crippen LogP) is 4.87. The van der Waals surface area contributed by atoms with Crippen LogP contribution in [-0.2, 0) is 0 Å². The molecule has 0 bridgehead atoms. The zero-order chi connectivity index (χ0) is 11.2. The van der Waals surface area contributed by atoms with Gasteiger partial charge in [-0.25, -0.2) is 0 Å². The molecule has 0 amide bonds. The van der Waals surface area contributed by atoms with Crippen LogP contribution in [0.3, 0.4) is 0 Å². The monoisotopic (exact) mass is 216 g/mol. The van der Waals surface area contributed by atoms with Crippen LogP contribution in [0.2, 0.25) is 0 Å². The maximum absolute atomic E-state index is 2.66. The Labute approximate surface area is 99.8 Å². The molecular weight excluding hydrogens is 192 g/mol. The quantitative estimate of drug-likeness (QED) is 0.507. The molecule has 2 unspecified atom stereocenters. The Morgan fingerprint density at radius 3 is 2.69 bits per heavy atom. The molecule has 0 heterocycles. The number of fused-ring (bicyclic) bond motifs is 2. The van der Waals surface area contributed by atoms with Gasteiger partial charge >= 0.3 is 0 Å². The van der Waals surface area contributed by atoms with Crippen molar-refractivity contribution in [3.8, 4) is 0 Å². The lowest BCUT2D eigenvalue weighted by atomic mass is 9.63. The van der Waals surface area contributed by atoms with E-state index >= 15 is 0 Å². The number of hydrogen-bond donors (Lipinski definition) is 0. The van der Waals surface area contributed by atoms with Crippen molar-refractivity contribution in [3.05, 3.63) is 23.3 Å². The van der Waals surface area contributed by atoms with Gasteiger partial charge in [-0.15, -0.1) is 0 Å². The fraction of sp³-hybridized carbons (Fsp3) is 0.750. The van der Waals surface area contributed by atoms with Crippen LogP contribution in [0, 0.1) is 17.3 Å². The molecule has 16 heavy (non-hydrogen) atoms. The van der Waals surface area contributed by atoms with E-state index in [-0.39, 0.29) is 0 Å². The molecule has 0 N–H and O–H groups in total. The van der Waals surface area contributed by atoms with E-state index in [1.54, 1.807) is 11.1 Å². The van der Waals surface area contributed by atoms with E-state index in [1.165, 1.54) is 44.9 Å². The first-order valence-corrected chi connectivity index (χ1v) is 7.09. The summed E-state index contributed by atoms with van der Waals surface area (Å²) in [6.07, 6.45) is 15.2. The summed E-state index contributed by atoms with van der Waals surface area (Å²) in [5.74, 6) is 1.62. The molecule has 0 radical (unpaired) electrons. The molecule has 0 aliphatic heterocycles. The highest BCUT2D eigenvalue weighted by molar-refractivity contribution is 5.34. The van der Waals surface area contributed by atoms with Gasteiger partial charge in [0.25, 0.3) is 0 Å². The minimum absolute atomic E-state index is 0.475. The molecule has 0 heteroatoms. The molecule has 0 saturated heterocycles. The molecular formula is C16H24. The standard InChI is InChI=1S/C16H24/c1-16(2)9-5-8-14-10-12-6-3-4-7-13(12)11-15(14)16/h10-11,13-14H,3-9H2,1-2H3. The first-order valence-electron chi connectivity index (χ1n) is 7.09. The van der Waals surface area contributed by atoms with Crippen molar-refractivity contribution >= 4 is 0 Å². The highest BCUT2D eigenvalue weighted by Crippen LogP contribution is 2.49. The van der Waals surface area contributed by atoms with Crippen molar-refractivity contribution in [2.45, 2.75) is 58.8 Å². The van der Waals surface area contributed by atoms with Gasteiger partial charge in [0.15, 0.2) is 0 Å². The fourth-order valence-electron chi connectivity index (χ4n) is 4.02. The normalized spacial score (nSPS) is 36.9. The Morgan fingerprint density at radius 1 is 1.00 bits per heavy atom. The van der Waals surface area contributed by atoms with Gasteiger partial charge < -0.3 is 0 Å². The van der Waals surface area contributed by atoms with Crippen molar-refractivity contribution in [3.63, 3.8) is 0 Å². The third-order valence-electron chi connectivity index (χ3n) is 5.00. The molecule has 88 valence electrons. The Kier molecular flexibility index (Phi) is 2.49. The second kappa shape index (κ2) is 3.75. The predicted molar refractivity (Wildman–Crippen MR) is 69.2 cm³/mol. The summed E-state index contributed by atoms with van der Waals surface area (Å²) < 4.78 is 0. The average molecular weight is 216 g/mol. The van der Waals surface area contributed by atoms with Gasteiger partial charge in [-0.1, -0.05) is 50.0 Å². The van der Waals surface area contributed by atoms with Crippen molar-refractivity contribution in [2.24, 2.45) is 17.3 Å². The maximum atomic E-state index is 2.66. The van der Waals surface area contributed by atoms with Gasteiger partial charge in [-0.3, -0.25) is 0 Å². The van der Waals surface area contributed by atoms with E-state index in [0.717, 1.165) is 11.8 Å². The summed E-state index contributed by atoms with van der Waals surface area (Å²) in [5, 5.41) is 0. The summed E-state index contributed by atoms with van der Waals surface area (Å²) in [4.78, 5) is 0. The van der Waals surface area contributed by atoms with E-state index in [2.05, 4.69) is 26.0 Å². The van der Waals surface area contributed by atoms with Crippen LogP contribution in [-0.4, -0.2) is 0 Å². The molecule has 0 aromatic heterocycles. The van der Waals surface area contributed by atoms with Gasteiger partial charge in [0, 0.05) is 0 Å². The average Bonchev–Trinajstić information content (AvgIpc) is 2.27. The first-order chi connectivity index (χ1) is 7.67. The van der Waals surface area contributed by atoms with Gasteiger partial charge in [-0.05, 0) is 49.4 Å². The summed E-state index contributed by atoms with van der Waals surface area (Å²) in [7, 11) is 0. The topological polar surface area (TPSA) is 0 Å². The van der Waals surface area contributed by atoms with Crippen LogP contribution >= 0.6 is 0 Å². The highest BCUT2D eigenvalue weighted by atomic mass is 14.4. The van der Waals surface area contributed by atoms with Crippen molar-refractivity contribution in [1.82, 2.24) is 0 Å². The lowest BCUT2D eigenvalue weighted by Gasteiger charge is -2.42. The Bertz CT molecular complexity index is 343. The highest BCUT2D eigenvalue weighted by Gasteiger charge is 2.36. The van der Waals surface area contributed by atoms with E-state index in [9.17, 15) is 0 Å². The van der Waals surface area contributed by atoms with Crippen LogP contribution < -0.4 is 0 Å². The van der Waals surface area contributed by atoms with Crippen LogP contribution in [0.4, 0.5) is 0 Å². The number of hydrogen-bond acceptors (Lipinski definition) is 0. The molecule has 3 rings (SSSR count). The summed E-state index contributed by atoms with van der Waals surface area (Å²) in [6, 6.07) is 0. The summed E-state index contributed by atoms with van der Waals surface area (Å²) in [5.41, 5.74) is 4.02. The van der Waals surface area contributed by atoms with Crippen LogP contribution in [0.15, 0.2) is 23.3 Å². The Hall–Kier alpha value is -0.520. The molecule has 2 saturated carbocycles. The number of allylic oxidation sites excluding steroid dienone is 4. The Balaban J connectivity index is 1.93. The molecule has 3 aliphatic carbocycles. The number of rotatable bonds is 0. The van der Waals surface area contributed by atoms with Gasteiger partial charge in [0.05, 0.1) is 0 Å². The SMILES string of the molecule is CC1(C)CCCC2C=C3CCCCC3C=C21. The smallest absolute Gasteiger partial charge is 0.00148 e. The molecule has 0 nitrogen and oxygen atoms in total. The van der Waals surface area contributed by atoms with Gasteiger partial charge in [0.1, 0.15) is 0 Å².